The number of morpholine rings is 1. The van der Waals surface area contributed by atoms with Gasteiger partial charge in [-0.3, -0.25) is 4.90 Å². The first kappa shape index (κ1) is 25.9. The van der Waals surface area contributed by atoms with Crippen molar-refractivity contribution in [2.45, 2.75) is 46.2 Å². The monoisotopic (exact) mass is 562 g/mol. The zero-order valence-corrected chi connectivity index (χ0v) is 22.1. The van der Waals surface area contributed by atoms with Crippen LogP contribution in [0.4, 0.5) is 0 Å². The largest absolute Gasteiger partial charge is 0.379 e. The third-order valence-electron chi connectivity index (χ3n) is 5.18. The van der Waals surface area contributed by atoms with Gasteiger partial charge in [0.1, 0.15) is 17.4 Å². The molecule has 0 radical (unpaired) electrons. The van der Waals surface area contributed by atoms with E-state index in [1.165, 1.54) is 0 Å². The number of aliphatic imine (C=N–C) groups is 1. The minimum atomic E-state index is 0. The average Bonchev–Trinajstić information content (AvgIpc) is 3.35. The van der Waals surface area contributed by atoms with E-state index in [1.807, 2.05) is 18.5 Å². The van der Waals surface area contributed by atoms with Gasteiger partial charge in [0.25, 0.3) is 0 Å². The number of aromatic nitrogens is 4. The van der Waals surface area contributed by atoms with Crippen LogP contribution >= 0.6 is 35.3 Å². The predicted molar refractivity (Wildman–Crippen MR) is 135 cm³/mol. The van der Waals surface area contributed by atoms with Crippen molar-refractivity contribution in [2.24, 2.45) is 12.0 Å². The van der Waals surface area contributed by atoms with E-state index in [-0.39, 0.29) is 24.0 Å². The number of aryl methyl sites for hydroxylation is 1. The second-order valence-electron chi connectivity index (χ2n) is 7.80. The molecule has 3 rings (SSSR count). The molecule has 1 saturated heterocycles. The Morgan fingerprint density at radius 3 is 2.68 bits per heavy atom. The fourth-order valence-corrected chi connectivity index (χ4v) is 3.97. The first-order chi connectivity index (χ1) is 14.5. The van der Waals surface area contributed by atoms with Crippen LogP contribution in [0, 0.1) is 6.92 Å². The molecule has 1 aliphatic rings. The molecule has 2 aromatic rings. The maximum absolute atomic E-state index is 5.42. The fourth-order valence-electron chi connectivity index (χ4n) is 3.08. The number of halogens is 1. The quantitative estimate of drug-likeness (QED) is 0.210. The summed E-state index contributed by atoms with van der Waals surface area (Å²) in [5.41, 5.74) is 1.14. The summed E-state index contributed by atoms with van der Waals surface area (Å²) < 4.78 is 7.38. The Hall–Kier alpha value is -1.31. The molecular formula is C20H35IN8OS. The lowest BCUT2D eigenvalue weighted by Crippen LogP contribution is -2.40. The Kier molecular flexibility index (Phi) is 11.1. The topological polar surface area (TPSA) is 92.5 Å². The molecule has 3 heterocycles. The van der Waals surface area contributed by atoms with Gasteiger partial charge in [0.2, 0.25) is 0 Å². The van der Waals surface area contributed by atoms with Gasteiger partial charge in [0.15, 0.2) is 11.8 Å². The lowest BCUT2D eigenvalue weighted by molar-refractivity contribution is 0.0376. The number of rotatable bonds is 9. The van der Waals surface area contributed by atoms with Crippen LogP contribution in [0.2, 0.25) is 0 Å². The Morgan fingerprint density at radius 1 is 1.26 bits per heavy atom. The Labute approximate surface area is 206 Å². The second-order valence-corrected chi connectivity index (χ2v) is 8.74. The molecule has 0 aromatic carbocycles. The third kappa shape index (κ3) is 8.28. The summed E-state index contributed by atoms with van der Waals surface area (Å²) in [7, 11) is 1.96. The fraction of sp³-hybridized carbons (Fsp3) is 0.700. The standard InChI is InChI=1S/C20H34N8OS.HI/c1-15(2)17-14-30-19(24-17)13-23-20(22-12-18-26-25-16(3)27(18)4)21-6-5-7-28-8-10-29-11-9-28;/h14-15H,5-13H2,1-4H3,(H2,21,22,23);1H. The zero-order chi connectivity index (χ0) is 21.3. The van der Waals surface area contributed by atoms with Gasteiger partial charge >= 0.3 is 0 Å². The van der Waals surface area contributed by atoms with Gasteiger partial charge in [-0.2, -0.15) is 0 Å². The van der Waals surface area contributed by atoms with Crippen molar-refractivity contribution in [2.75, 3.05) is 39.4 Å². The van der Waals surface area contributed by atoms with Gasteiger partial charge in [0.05, 0.1) is 25.5 Å². The molecule has 2 N–H and O–H groups in total. The van der Waals surface area contributed by atoms with Crippen molar-refractivity contribution in [1.82, 2.24) is 35.3 Å². The van der Waals surface area contributed by atoms with Gasteiger partial charge < -0.3 is 19.9 Å². The minimum Gasteiger partial charge on any atom is -0.379 e. The molecule has 11 heteroatoms. The summed E-state index contributed by atoms with van der Waals surface area (Å²) in [5, 5.41) is 18.4. The van der Waals surface area contributed by atoms with Crippen molar-refractivity contribution in [1.29, 1.82) is 0 Å². The lowest BCUT2D eigenvalue weighted by atomic mass is 10.2. The highest BCUT2D eigenvalue weighted by atomic mass is 127. The average molecular weight is 563 g/mol. The maximum atomic E-state index is 5.42. The smallest absolute Gasteiger partial charge is 0.192 e. The van der Waals surface area contributed by atoms with E-state index in [4.69, 9.17) is 14.7 Å². The van der Waals surface area contributed by atoms with E-state index in [9.17, 15) is 0 Å². The van der Waals surface area contributed by atoms with E-state index < -0.39 is 0 Å². The molecule has 1 aliphatic heterocycles. The molecule has 0 amide bonds. The highest BCUT2D eigenvalue weighted by molar-refractivity contribution is 14.0. The Morgan fingerprint density at radius 2 is 2.03 bits per heavy atom. The normalized spacial score (nSPS) is 15.2. The summed E-state index contributed by atoms with van der Waals surface area (Å²) in [4.78, 5) is 11.9. The number of nitrogens with one attached hydrogen (secondary N) is 2. The number of nitrogens with zero attached hydrogens (tertiary/aromatic N) is 6. The van der Waals surface area contributed by atoms with Crippen molar-refractivity contribution in [3.05, 3.63) is 27.7 Å². The first-order valence-electron chi connectivity index (χ1n) is 10.6. The van der Waals surface area contributed by atoms with Crippen LogP contribution in [-0.4, -0.2) is 70.0 Å². The van der Waals surface area contributed by atoms with Gasteiger partial charge in [0, 0.05) is 32.1 Å². The van der Waals surface area contributed by atoms with Crippen LogP contribution in [0.5, 0.6) is 0 Å². The molecule has 31 heavy (non-hydrogen) atoms. The van der Waals surface area contributed by atoms with E-state index >= 15 is 0 Å². The minimum absolute atomic E-state index is 0. The van der Waals surface area contributed by atoms with Gasteiger partial charge in [-0.05, 0) is 25.8 Å². The molecule has 0 atom stereocenters. The summed E-state index contributed by atoms with van der Waals surface area (Å²) in [6.07, 6.45) is 1.05. The van der Waals surface area contributed by atoms with Crippen molar-refractivity contribution in [3.8, 4) is 0 Å². The number of thiazole rings is 1. The summed E-state index contributed by atoms with van der Waals surface area (Å²) in [6.45, 7) is 13.0. The van der Waals surface area contributed by atoms with Gasteiger partial charge in [-0.25, -0.2) is 9.98 Å². The van der Waals surface area contributed by atoms with Crippen LogP contribution in [-0.2, 0) is 24.9 Å². The lowest BCUT2D eigenvalue weighted by Gasteiger charge is -2.26. The maximum Gasteiger partial charge on any atom is 0.192 e. The highest BCUT2D eigenvalue weighted by Gasteiger charge is 2.11. The zero-order valence-electron chi connectivity index (χ0n) is 18.9. The third-order valence-corrected chi connectivity index (χ3v) is 6.04. The predicted octanol–water partition coefficient (Wildman–Crippen LogP) is 2.28. The van der Waals surface area contributed by atoms with E-state index in [0.717, 1.165) is 74.1 Å². The number of hydrogen-bond acceptors (Lipinski definition) is 7. The number of guanidine groups is 1. The van der Waals surface area contributed by atoms with Crippen LogP contribution in [0.3, 0.4) is 0 Å². The van der Waals surface area contributed by atoms with Crippen molar-refractivity contribution in [3.63, 3.8) is 0 Å². The molecule has 174 valence electrons. The first-order valence-corrected chi connectivity index (χ1v) is 11.5. The SMILES string of the molecule is Cc1nnc(CN=C(NCCCN2CCOCC2)NCc2nc(C(C)C)cs2)n1C.I. The van der Waals surface area contributed by atoms with E-state index in [0.29, 0.717) is 19.0 Å². The van der Waals surface area contributed by atoms with Crippen molar-refractivity contribution < 1.29 is 4.74 Å². The molecule has 0 spiro atoms. The molecule has 0 unspecified atom stereocenters. The summed E-state index contributed by atoms with van der Waals surface area (Å²) in [5.74, 6) is 2.95. The Balaban J connectivity index is 0.00000341. The molecule has 0 bridgehead atoms. The Bertz CT molecular complexity index is 816. The van der Waals surface area contributed by atoms with Crippen LogP contribution in [0.25, 0.3) is 0 Å². The summed E-state index contributed by atoms with van der Waals surface area (Å²) in [6, 6.07) is 0. The second kappa shape index (κ2) is 13.3. The molecule has 1 fully saturated rings. The van der Waals surface area contributed by atoms with Crippen LogP contribution in [0.1, 0.15) is 48.5 Å². The van der Waals surface area contributed by atoms with Gasteiger partial charge in [-0.1, -0.05) is 13.8 Å². The van der Waals surface area contributed by atoms with Crippen LogP contribution in [0.15, 0.2) is 10.4 Å². The van der Waals surface area contributed by atoms with Crippen LogP contribution < -0.4 is 10.6 Å². The molecule has 2 aromatic heterocycles. The molecular weight excluding hydrogens is 527 g/mol. The van der Waals surface area contributed by atoms with Gasteiger partial charge in [-0.15, -0.1) is 45.5 Å². The molecule has 0 aliphatic carbocycles. The highest BCUT2D eigenvalue weighted by Crippen LogP contribution is 2.17. The number of ether oxygens (including phenoxy) is 1. The van der Waals surface area contributed by atoms with E-state index in [2.05, 4.69) is 45.0 Å². The number of hydrogen-bond donors (Lipinski definition) is 2. The van der Waals surface area contributed by atoms with E-state index in [1.54, 1.807) is 11.3 Å². The van der Waals surface area contributed by atoms with Crippen molar-refractivity contribution >= 4 is 41.3 Å². The molecule has 9 nitrogen and oxygen atoms in total. The summed E-state index contributed by atoms with van der Waals surface area (Å²) >= 11 is 1.69. The molecule has 0 saturated carbocycles.